The molecule has 0 bridgehead atoms. The summed E-state index contributed by atoms with van der Waals surface area (Å²) < 4.78 is 40.3. The van der Waals surface area contributed by atoms with Gasteiger partial charge in [0.1, 0.15) is 22.3 Å². The van der Waals surface area contributed by atoms with Crippen LogP contribution >= 0.6 is 59.1 Å². The summed E-state index contributed by atoms with van der Waals surface area (Å²) in [6, 6.07) is 106. The quantitative estimate of drug-likeness (QED) is 0.153. The summed E-state index contributed by atoms with van der Waals surface area (Å²) in [5.74, 6) is 0.655. The normalized spacial score (nSPS) is 11.6. The monoisotopic (exact) mass is 1570 g/mol. The first-order chi connectivity index (χ1) is 50.1. The second-order valence-electron chi connectivity index (χ2n) is 23.9. The number of halogens is 6. The Hall–Kier alpha value is -10.3. The lowest BCUT2D eigenvalue weighted by Crippen LogP contribution is -2.29. The largest absolute Gasteiger partial charge is 0.492 e. The van der Waals surface area contributed by atoms with Gasteiger partial charge >= 0.3 is 7.12 Å². The summed E-state index contributed by atoms with van der Waals surface area (Å²) in [4.78, 5) is 10.4. The van der Waals surface area contributed by atoms with Crippen LogP contribution in [0.3, 0.4) is 0 Å². The fourth-order valence-electron chi connectivity index (χ4n) is 12.8. The highest BCUT2D eigenvalue weighted by molar-refractivity contribution is 9.11. The number of para-hydroxylation sites is 5. The molecule has 103 heavy (non-hydrogen) atoms. The average Bonchev–Trinajstić information content (AvgIpc) is 1.60. The van der Waals surface area contributed by atoms with Crippen molar-refractivity contribution in [2.75, 3.05) is 20.4 Å². The Balaban J connectivity index is 0.000000153. The average molecular weight is 1570 g/mol. The predicted molar refractivity (Wildman–Crippen MR) is 435 cm³/mol. The first kappa shape index (κ1) is 71.1. The number of hydrogen-bond acceptors (Lipinski definition) is 8. The Labute approximate surface area is 624 Å². The van der Waals surface area contributed by atoms with E-state index in [1.807, 2.05) is 108 Å². The van der Waals surface area contributed by atoms with E-state index in [2.05, 4.69) is 253 Å². The number of fused-ring (bicyclic) bond motifs is 12. The van der Waals surface area contributed by atoms with Gasteiger partial charge in [0.05, 0.1) is 30.9 Å². The van der Waals surface area contributed by atoms with Crippen LogP contribution in [-0.2, 0) is 4.74 Å². The van der Waals surface area contributed by atoms with Gasteiger partial charge in [0.25, 0.3) is 0 Å². The molecule has 0 saturated carbocycles. The molecule has 0 aliphatic carbocycles. The molecule has 0 atom stereocenters. The van der Waals surface area contributed by atoms with Crippen molar-refractivity contribution in [2.24, 2.45) is 0 Å². The van der Waals surface area contributed by atoms with Gasteiger partial charge < -0.3 is 23.6 Å². The molecule has 8 nitrogen and oxygen atoms in total. The van der Waals surface area contributed by atoms with Crippen molar-refractivity contribution < 1.29 is 38.8 Å². The molecule has 6 heterocycles. The van der Waals surface area contributed by atoms with E-state index in [4.69, 9.17) is 24.9 Å². The SMILES string of the molecule is Brc1cccc(-c2cccc3c2oc2ccccc23)c1.Brc1cccc(Br)c1.C1CCOC1.F.F.OB(O)c1cccc2c1oc1ccccc12.[2H]CF.c1ccc(-c2cc(-c3ccccc3)nc(-n3c4ccccc4c4cc(-c5cccc(-c6cccc7c6sc6ccccc67)c5)ccc43)n2)cc1. The Kier molecular flexibility index (Phi) is 23.3. The third kappa shape index (κ3) is 15.9. The van der Waals surface area contributed by atoms with E-state index in [0.29, 0.717) is 17.0 Å². The highest BCUT2D eigenvalue weighted by Crippen LogP contribution is 2.43. The van der Waals surface area contributed by atoms with E-state index >= 15 is 0 Å². The Morgan fingerprint density at radius 3 is 1.47 bits per heavy atom. The molecule has 13 aromatic carbocycles. The lowest BCUT2D eigenvalue weighted by molar-refractivity contribution is 0.198. The number of ether oxygens (including phenoxy) is 1. The molecule has 1 fully saturated rings. The van der Waals surface area contributed by atoms with Gasteiger partial charge in [-0.2, -0.15) is 0 Å². The minimum Gasteiger partial charge on any atom is -0.456 e. The van der Waals surface area contributed by atoms with Crippen molar-refractivity contribution in [1.82, 2.24) is 14.5 Å². The van der Waals surface area contributed by atoms with Crippen LogP contribution in [0.5, 0.6) is 0 Å². The molecule has 0 amide bonds. The first-order valence-corrected chi connectivity index (χ1v) is 36.1. The lowest BCUT2D eigenvalue weighted by atomic mass is 9.79. The molecular weight excluding hydrogens is 1510 g/mol. The third-order valence-corrected chi connectivity index (χ3v) is 20.2. The number of aromatic nitrogens is 3. The van der Waals surface area contributed by atoms with Crippen molar-refractivity contribution in [3.8, 4) is 61.8 Å². The van der Waals surface area contributed by atoms with E-state index in [1.165, 1.54) is 71.4 Å². The summed E-state index contributed by atoms with van der Waals surface area (Å²) in [6.07, 6.45) is 2.56. The zero-order valence-corrected chi connectivity index (χ0v) is 60.8. The molecule has 0 radical (unpaired) electrons. The summed E-state index contributed by atoms with van der Waals surface area (Å²) in [5.41, 5.74) is 16.8. The lowest BCUT2D eigenvalue weighted by Gasteiger charge is -2.12. The number of furan rings is 2. The smallest absolute Gasteiger partial charge is 0.456 e. The first-order valence-electron chi connectivity index (χ1n) is 33.6. The van der Waals surface area contributed by atoms with E-state index in [0.717, 1.165) is 104 Å². The molecule has 1 aliphatic rings. The molecule has 18 aromatic rings. The molecule has 1 saturated heterocycles. The minimum absolute atomic E-state index is 0. The molecule has 19 rings (SSSR count). The summed E-state index contributed by atoms with van der Waals surface area (Å²) in [6.45, 7) is 2.00. The van der Waals surface area contributed by atoms with Crippen LogP contribution in [-0.4, -0.2) is 52.1 Å². The third-order valence-electron chi connectivity index (χ3n) is 17.5. The van der Waals surface area contributed by atoms with Crippen LogP contribution in [0.2, 0.25) is 0 Å². The molecule has 510 valence electrons. The van der Waals surface area contributed by atoms with E-state index in [-0.39, 0.29) is 9.41 Å². The maximum atomic E-state index is 9.96. The van der Waals surface area contributed by atoms with Crippen LogP contribution in [0, 0.1) is 0 Å². The zero-order valence-electron chi connectivity index (χ0n) is 56.3. The van der Waals surface area contributed by atoms with Crippen molar-refractivity contribution in [3.05, 3.63) is 323 Å². The maximum Gasteiger partial charge on any atom is 0.492 e. The van der Waals surface area contributed by atoms with Crippen molar-refractivity contribution in [3.63, 3.8) is 0 Å². The number of hydrogen-bond donors (Lipinski definition) is 2. The molecule has 5 aromatic heterocycles. The zero-order chi connectivity index (χ0) is 69.9. The van der Waals surface area contributed by atoms with E-state index in [9.17, 15) is 14.4 Å². The van der Waals surface area contributed by atoms with Crippen LogP contribution in [0.4, 0.5) is 13.8 Å². The second-order valence-corrected chi connectivity index (χ2v) is 27.7. The van der Waals surface area contributed by atoms with Gasteiger partial charge in [0, 0.05) is 101 Å². The fourth-order valence-corrected chi connectivity index (χ4v) is 15.6. The summed E-state index contributed by atoms with van der Waals surface area (Å²) in [7, 11) is -2.51. The topological polar surface area (TPSA) is 107 Å². The number of alkyl halides is 1. The molecule has 2 N–H and O–H groups in total. The van der Waals surface area contributed by atoms with Crippen molar-refractivity contribution >= 4 is 158 Å². The number of thiophene rings is 1. The fraction of sp³-hybridized carbons (Fsp3) is 0.0575. The van der Waals surface area contributed by atoms with Gasteiger partial charge in [0.2, 0.25) is 5.95 Å². The Morgan fingerprint density at radius 1 is 0.408 bits per heavy atom. The van der Waals surface area contributed by atoms with Crippen molar-refractivity contribution in [1.29, 1.82) is 0 Å². The van der Waals surface area contributed by atoms with Gasteiger partial charge in [-0.15, -0.1) is 11.3 Å². The highest BCUT2D eigenvalue weighted by atomic mass is 79.9. The molecule has 16 heteroatoms. The Bertz CT molecular complexity index is 5870. The van der Waals surface area contributed by atoms with Gasteiger partial charge in [0.15, 0.2) is 0 Å². The van der Waals surface area contributed by atoms with Gasteiger partial charge in [-0.3, -0.25) is 18.4 Å². The van der Waals surface area contributed by atoms with Crippen LogP contribution in [0.15, 0.2) is 332 Å². The van der Waals surface area contributed by atoms with Gasteiger partial charge in [-0.05, 0) is 120 Å². The van der Waals surface area contributed by atoms with Gasteiger partial charge in [-0.1, -0.05) is 278 Å². The van der Waals surface area contributed by atoms with E-state index < -0.39 is 14.3 Å². The van der Waals surface area contributed by atoms with Crippen LogP contribution < -0.4 is 5.46 Å². The molecule has 0 spiro atoms. The summed E-state index contributed by atoms with van der Waals surface area (Å²) >= 11 is 12.1. The maximum absolute atomic E-state index is 9.96. The van der Waals surface area contributed by atoms with E-state index in [1.54, 1.807) is 12.1 Å². The number of rotatable bonds is 7. The number of benzene rings is 13. The van der Waals surface area contributed by atoms with Gasteiger partial charge in [-0.25, -0.2) is 9.97 Å². The molecular formula is C87H66BBr3F3N3O5S. The summed E-state index contributed by atoms with van der Waals surface area (Å²) in [5, 5.41) is 27.7. The van der Waals surface area contributed by atoms with Crippen LogP contribution in [0.1, 0.15) is 14.2 Å². The minimum atomic E-state index is -1.51. The molecule has 1 aliphatic heterocycles. The highest BCUT2D eigenvalue weighted by Gasteiger charge is 2.21. The standard InChI is InChI=1S/C46H29N3S.C18H11BrO.C12H9BO3.C6H4Br2.C4H8O.CH3F.2FH/c1-3-13-30(14-4-1)40-29-41(31-15-5-2-6-16-31)48-46(47-40)49-42-23-9-7-19-36(42)39-28-33(25-26-43(39)49)32-17-11-18-34(27-32)35-21-12-22-38-37-20-8-10-24-44(37)50-45(35)38;19-13-6-3-5-12(11-13)14-8-4-9-16-15-7-1-2-10-17(15)20-18(14)16;14-13(15)10-6-3-5-9-8-4-1-2-7-11(8)16-12(9)10;7-5-2-1-3-6(8)4-5;1-2-4-5-3-1;1-2;;/h1-29H;1-11H;1-7,14-15H;1-4H;1-4H2;1H3;2*1H/i;;;;;1D;;. The Morgan fingerprint density at radius 2 is 0.864 bits per heavy atom. The van der Waals surface area contributed by atoms with Crippen molar-refractivity contribution in [2.45, 2.75) is 12.8 Å². The second kappa shape index (κ2) is 33.7. The van der Waals surface area contributed by atoms with Crippen LogP contribution in [0.25, 0.3) is 148 Å². The predicted octanol–water partition coefficient (Wildman–Crippen LogP) is 24.8. The molecule has 0 unspecified atom stereocenters. The number of nitrogens with zero attached hydrogens (tertiary/aromatic N) is 3.